The monoisotopic (exact) mass is 421 g/mol. The molecule has 0 spiro atoms. The van der Waals surface area contributed by atoms with Crippen LogP contribution >= 0.6 is 0 Å². The van der Waals surface area contributed by atoms with Crippen molar-refractivity contribution >= 4 is 16.9 Å². The van der Waals surface area contributed by atoms with E-state index in [1.165, 1.54) is 30.3 Å². The van der Waals surface area contributed by atoms with Gasteiger partial charge in [0, 0.05) is 24.7 Å². The number of nitrogens with one attached hydrogen (secondary N) is 1. The predicted molar refractivity (Wildman–Crippen MR) is 122 cm³/mol. The summed E-state index contributed by atoms with van der Waals surface area (Å²) < 4.78 is 3.05. The molecule has 31 heavy (non-hydrogen) atoms. The summed E-state index contributed by atoms with van der Waals surface area (Å²) in [6.45, 7) is 2.87. The number of rotatable bonds is 6. The molecular weight excluding hydrogens is 390 g/mol. The number of nitrogens with two attached hydrogens (primary N) is 1. The summed E-state index contributed by atoms with van der Waals surface area (Å²) in [5.41, 5.74) is 8.09. The number of H-pyrrole nitrogens is 1. The Balaban J connectivity index is 1.57. The van der Waals surface area contributed by atoms with Gasteiger partial charge in [-0.05, 0) is 61.6 Å². The largest absolute Gasteiger partial charge is 0.399 e. The lowest BCUT2D eigenvalue weighted by atomic mass is 9.91. The number of hydrogen-bond donors (Lipinski definition) is 2. The van der Waals surface area contributed by atoms with Gasteiger partial charge >= 0.3 is 5.69 Å². The molecule has 7 heteroatoms. The van der Waals surface area contributed by atoms with Crippen LogP contribution < -0.4 is 17.0 Å². The van der Waals surface area contributed by atoms with Crippen LogP contribution in [0, 0.1) is 11.8 Å². The Kier molecular flexibility index (Phi) is 5.20. The molecule has 5 rings (SSSR count). The summed E-state index contributed by atoms with van der Waals surface area (Å²) in [4.78, 5) is 34.6. The van der Waals surface area contributed by atoms with Crippen molar-refractivity contribution in [1.82, 2.24) is 19.1 Å². The van der Waals surface area contributed by atoms with Crippen LogP contribution in [-0.2, 0) is 19.5 Å². The Hall–Kier alpha value is -2.83. The minimum absolute atomic E-state index is 0.245. The Labute approximate surface area is 181 Å². The third-order valence-corrected chi connectivity index (χ3v) is 7.36. The van der Waals surface area contributed by atoms with E-state index < -0.39 is 0 Å². The average Bonchev–Trinajstić information content (AvgIpc) is 3.48. The lowest BCUT2D eigenvalue weighted by Crippen LogP contribution is -2.40. The summed E-state index contributed by atoms with van der Waals surface area (Å²) in [7, 11) is 0. The van der Waals surface area contributed by atoms with E-state index >= 15 is 0 Å². The van der Waals surface area contributed by atoms with E-state index in [1.54, 1.807) is 4.57 Å². The van der Waals surface area contributed by atoms with Crippen LogP contribution in [0.5, 0.6) is 0 Å². The van der Waals surface area contributed by atoms with Crippen LogP contribution in [0.1, 0.15) is 62.8 Å². The summed E-state index contributed by atoms with van der Waals surface area (Å²) in [6.07, 6.45) is 7.63. The number of imidazole rings is 1. The van der Waals surface area contributed by atoms with Gasteiger partial charge in [-0.2, -0.15) is 0 Å². The van der Waals surface area contributed by atoms with Crippen LogP contribution in [0.25, 0.3) is 11.2 Å². The Morgan fingerprint density at radius 1 is 1.06 bits per heavy atom. The molecule has 7 nitrogen and oxygen atoms in total. The zero-order valence-corrected chi connectivity index (χ0v) is 18.1. The van der Waals surface area contributed by atoms with Crippen molar-refractivity contribution in [3.8, 4) is 0 Å². The zero-order chi connectivity index (χ0) is 21.5. The molecule has 2 aromatic heterocycles. The number of hydrogen-bond acceptors (Lipinski definition) is 4. The van der Waals surface area contributed by atoms with Crippen molar-refractivity contribution in [3.05, 3.63) is 56.5 Å². The minimum Gasteiger partial charge on any atom is -0.399 e. The number of aromatic nitrogens is 4. The molecule has 0 bridgehead atoms. The molecule has 1 aromatic carbocycles. The maximum Gasteiger partial charge on any atom is 0.332 e. The maximum atomic E-state index is 13.2. The number of fused-ring (bicyclic) bond motifs is 2. The fraction of sp³-hybridized carbons (Fsp3) is 0.542. The number of aryl methyl sites for hydroxylation is 2. The van der Waals surface area contributed by atoms with Gasteiger partial charge < -0.3 is 10.7 Å². The van der Waals surface area contributed by atoms with Crippen LogP contribution in [0.3, 0.4) is 0 Å². The summed E-state index contributed by atoms with van der Waals surface area (Å²) >= 11 is 0. The van der Waals surface area contributed by atoms with Crippen molar-refractivity contribution in [2.45, 2.75) is 70.9 Å². The topological polar surface area (TPSA) is 98.7 Å². The van der Waals surface area contributed by atoms with E-state index in [-0.39, 0.29) is 11.2 Å². The molecule has 2 fully saturated rings. The lowest BCUT2D eigenvalue weighted by molar-refractivity contribution is 0.414. The van der Waals surface area contributed by atoms with E-state index in [0.717, 1.165) is 35.8 Å². The third kappa shape index (κ3) is 3.50. The van der Waals surface area contributed by atoms with E-state index in [4.69, 9.17) is 10.7 Å². The molecule has 3 N–H and O–H groups in total. The van der Waals surface area contributed by atoms with Crippen LogP contribution in [-0.4, -0.2) is 19.1 Å². The molecule has 2 heterocycles. The molecule has 2 aliphatic carbocycles. The second-order valence-corrected chi connectivity index (χ2v) is 9.24. The molecular formula is C24H31N5O2. The fourth-order valence-electron chi connectivity index (χ4n) is 5.81. The summed E-state index contributed by atoms with van der Waals surface area (Å²) in [5, 5.41) is 0. The van der Waals surface area contributed by atoms with Crippen LogP contribution in [0.4, 0.5) is 5.69 Å². The minimum atomic E-state index is -0.266. The highest BCUT2D eigenvalue weighted by molar-refractivity contribution is 5.70. The number of nitrogen functional groups attached to an aromatic ring is 1. The van der Waals surface area contributed by atoms with Crippen molar-refractivity contribution in [1.29, 1.82) is 0 Å². The first kappa shape index (κ1) is 20.1. The number of nitrogens with zero attached hydrogens (tertiary/aromatic N) is 3. The molecule has 164 valence electrons. The highest BCUT2D eigenvalue weighted by Gasteiger charge is 2.41. The van der Waals surface area contributed by atoms with E-state index in [9.17, 15) is 9.59 Å². The third-order valence-electron chi connectivity index (χ3n) is 7.36. The zero-order valence-electron chi connectivity index (χ0n) is 18.1. The SMILES string of the molecule is CCCn1c(=O)c2[nH]c([C@@H]3CC[C@H]4CCC[C@H]43)nc2n(CCc2ccc(N)cc2)c1=O. The summed E-state index contributed by atoms with van der Waals surface area (Å²) in [5.74, 6) is 2.73. The molecule has 0 amide bonds. The van der Waals surface area contributed by atoms with Gasteiger partial charge in [0.25, 0.3) is 5.56 Å². The molecule has 2 saturated carbocycles. The van der Waals surface area contributed by atoms with Gasteiger partial charge in [0.15, 0.2) is 5.65 Å². The van der Waals surface area contributed by atoms with Gasteiger partial charge in [0.1, 0.15) is 11.3 Å². The smallest absolute Gasteiger partial charge is 0.332 e. The summed E-state index contributed by atoms with van der Waals surface area (Å²) in [6, 6.07) is 7.70. The maximum absolute atomic E-state index is 13.2. The first-order valence-electron chi connectivity index (χ1n) is 11.6. The first-order chi connectivity index (χ1) is 15.1. The number of aromatic amines is 1. The second-order valence-electron chi connectivity index (χ2n) is 9.24. The van der Waals surface area contributed by atoms with Crippen LogP contribution in [0.15, 0.2) is 33.9 Å². The van der Waals surface area contributed by atoms with Crippen molar-refractivity contribution in [2.75, 3.05) is 5.73 Å². The average molecular weight is 422 g/mol. The van der Waals surface area contributed by atoms with Gasteiger partial charge in [-0.15, -0.1) is 0 Å². The Bertz CT molecular complexity index is 1200. The predicted octanol–water partition coefficient (Wildman–Crippen LogP) is 3.41. The first-order valence-corrected chi connectivity index (χ1v) is 11.6. The Morgan fingerprint density at radius 2 is 1.87 bits per heavy atom. The molecule has 3 atom stereocenters. The molecule has 0 radical (unpaired) electrons. The van der Waals surface area contributed by atoms with Gasteiger partial charge in [0.05, 0.1) is 0 Å². The van der Waals surface area contributed by atoms with Crippen molar-refractivity contribution in [3.63, 3.8) is 0 Å². The van der Waals surface area contributed by atoms with Gasteiger partial charge in [0.2, 0.25) is 0 Å². The molecule has 0 saturated heterocycles. The van der Waals surface area contributed by atoms with E-state index in [1.807, 2.05) is 31.2 Å². The van der Waals surface area contributed by atoms with Gasteiger partial charge in [-0.25, -0.2) is 9.78 Å². The number of benzene rings is 1. The Morgan fingerprint density at radius 3 is 2.65 bits per heavy atom. The molecule has 2 aliphatic rings. The fourth-order valence-corrected chi connectivity index (χ4v) is 5.81. The van der Waals surface area contributed by atoms with Gasteiger partial charge in [-0.3, -0.25) is 13.9 Å². The van der Waals surface area contributed by atoms with Crippen LogP contribution in [0.2, 0.25) is 0 Å². The van der Waals surface area contributed by atoms with Crippen molar-refractivity contribution in [2.24, 2.45) is 11.8 Å². The highest BCUT2D eigenvalue weighted by Crippen LogP contribution is 2.51. The standard InChI is InChI=1S/C24H31N5O2/c1-2-13-29-23(30)20-22(27-21(26-20)19-11-8-16-4-3-5-18(16)19)28(24(29)31)14-12-15-6-9-17(25)10-7-15/h6-7,9-10,16,18-19H,2-5,8,11-14,25H2,1H3,(H,26,27)/t16-,18-,19-/m1/s1. The number of anilines is 1. The van der Waals surface area contributed by atoms with E-state index in [0.29, 0.717) is 42.5 Å². The highest BCUT2D eigenvalue weighted by atomic mass is 16.2. The lowest BCUT2D eigenvalue weighted by Gasteiger charge is -2.15. The molecule has 3 aromatic rings. The van der Waals surface area contributed by atoms with E-state index in [2.05, 4.69) is 4.98 Å². The molecule has 0 aliphatic heterocycles. The quantitative estimate of drug-likeness (QED) is 0.596. The normalized spacial score (nSPS) is 22.9. The van der Waals surface area contributed by atoms with Gasteiger partial charge in [-0.1, -0.05) is 31.9 Å². The molecule has 0 unspecified atom stereocenters. The second kappa shape index (κ2) is 8.02. The van der Waals surface area contributed by atoms with Crippen molar-refractivity contribution < 1.29 is 0 Å².